The summed E-state index contributed by atoms with van der Waals surface area (Å²) in [6.45, 7) is 9.85. The number of nitrogens with one attached hydrogen (secondary N) is 1. The molecule has 0 bridgehead atoms. The van der Waals surface area contributed by atoms with Crippen molar-refractivity contribution in [1.82, 2.24) is 9.55 Å². The lowest BCUT2D eigenvalue weighted by molar-refractivity contribution is 0.513. The summed E-state index contributed by atoms with van der Waals surface area (Å²) >= 11 is 0. The van der Waals surface area contributed by atoms with Crippen LogP contribution in [0.1, 0.15) is 46.6 Å². The largest absolute Gasteiger partial charge is 0.355 e. The monoisotopic (exact) mass is 209 g/mol. The number of rotatable bonds is 6. The number of nitrogens with zero attached hydrogens (tertiary/aromatic N) is 2. The maximum Gasteiger partial charge on any atom is 0.203 e. The Morgan fingerprint density at radius 3 is 2.53 bits per heavy atom. The molecule has 3 heteroatoms. The van der Waals surface area contributed by atoms with E-state index in [4.69, 9.17) is 0 Å². The summed E-state index contributed by atoms with van der Waals surface area (Å²) < 4.78 is 2.17. The van der Waals surface area contributed by atoms with Crippen LogP contribution < -0.4 is 5.32 Å². The third-order valence-corrected chi connectivity index (χ3v) is 2.93. The minimum Gasteiger partial charge on any atom is -0.355 e. The Morgan fingerprint density at radius 2 is 2.00 bits per heavy atom. The fourth-order valence-corrected chi connectivity index (χ4v) is 1.68. The lowest BCUT2D eigenvalue weighted by Crippen LogP contribution is -2.16. The van der Waals surface area contributed by atoms with Crippen LogP contribution in [0.3, 0.4) is 0 Å². The van der Waals surface area contributed by atoms with Crippen molar-refractivity contribution in [2.75, 3.05) is 11.9 Å². The van der Waals surface area contributed by atoms with E-state index in [1.165, 1.54) is 12.8 Å². The molecule has 0 aliphatic carbocycles. The van der Waals surface area contributed by atoms with Crippen LogP contribution >= 0.6 is 0 Å². The van der Waals surface area contributed by atoms with Gasteiger partial charge in [-0.15, -0.1) is 0 Å². The Morgan fingerprint density at radius 1 is 1.33 bits per heavy atom. The van der Waals surface area contributed by atoms with E-state index >= 15 is 0 Å². The van der Waals surface area contributed by atoms with Crippen LogP contribution in [-0.2, 0) is 0 Å². The normalized spacial score (nSPS) is 11.3. The molecule has 1 heterocycles. The summed E-state index contributed by atoms with van der Waals surface area (Å²) in [5.41, 5.74) is 0. The minimum absolute atomic E-state index is 0.469. The molecular formula is C12H23N3. The first-order valence-corrected chi connectivity index (χ1v) is 5.95. The minimum atomic E-state index is 0.469. The third-order valence-electron chi connectivity index (χ3n) is 2.93. The van der Waals surface area contributed by atoms with Crippen molar-refractivity contribution in [3.8, 4) is 0 Å². The highest BCUT2D eigenvalue weighted by Gasteiger charge is 2.07. The van der Waals surface area contributed by atoms with Gasteiger partial charge in [0.15, 0.2) is 0 Å². The first-order valence-electron chi connectivity index (χ1n) is 5.95. The smallest absolute Gasteiger partial charge is 0.203 e. The standard InChI is InChI=1S/C12H23N3/c1-5-11(6-2)9-14-12-13-7-8-15(12)10(3)4/h7-8,10-11H,5-6,9H2,1-4H3,(H,13,14). The van der Waals surface area contributed by atoms with Crippen LogP contribution in [0.15, 0.2) is 12.4 Å². The molecule has 0 fully saturated rings. The van der Waals surface area contributed by atoms with E-state index in [1.807, 2.05) is 12.4 Å². The van der Waals surface area contributed by atoms with Crippen molar-refractivity contribution in [1.29, 1.82) is 0 Å². The Bertz CT molecular complexity index is 274. The highest BCUT2D eigenvalue weighted by molar-refractivity contribution is 5.26. The number of hydrogen-bond acceptors (Lipinski definition) is 2. The predicted octanol–water partition coefficient (Wildman–Crippen LogP) is 3.31. The topological polar surface area (TPSA) is 29.9 Å². The molecule has 3 nitrogen and oxygen atoms in total. The zero-order valence-electron chi connectivity index (χ0n) is 10.3. The first-order chi connectivity index (χ1) is 7.19. The van der Waals surface area contributed by atoms with Crippen LogP contribution in [0.5, 0.6) is 0 Å². The van der Waals surface area contributed by atoms with Gasteiger partial charge >= 0.3 is 0 Å². The SMILES string of the molecule is CCC(CC)CNc1nccn1C(C)C. The molecule has 0 unspecified atom stereocenters. The van der Waals surface area contributed by atoms with E-state index in [0.717, 1.165) is 18.4 Å². The Kier molecular flexibility index (Phi) is 4.66. The molecule has 86 valence electrons. The summed E-state index contributed by atoms with van der Waals surface area (Å²) in [6, 6.07) is 0.469. The van der Waals surface area contributed by atoms with Gasteiger partial charge in [0.2, 0.25) is 5.95 Å². The van der Waals surface area contributed by atoms with Crippen LogP contribution in [0, 0.1) is 5.92 Å². The van der Waals surface area contributed by atoms with Gasteiger partial charge in [-0.05, 0) is 19.8 Å². The van der Waals surface area contributed by atoms with Crippen LogP contribution in [-0.4, -0.2) is 16.1 Å². The molecule has 0 saturated carbocycles. The molecule has 0 amide bonds. The van der Waals surface area contributed by atoms with Gasteiger partial charge in [0.05, 0.1) is 0 Å². The Labute approximate surface area is 92.9 Å². The Hall–Kier alpha value is -0.990. The highest BCUT2D eigenvalue weighted by atomic mass is 15.2. The average molecular weight is 209 g/mol. The molecule has 1 N–H and O–H groups in total. The zero-order chi connectivity index (χ0) is 11.3. The van der Waals surface area contributed by atoms with Crippen LogP contribution in [0.25, 0.3) is 0 Å². The van der Waals surface area contributed by atoms with Crippen molar-refractivity contribution in [2.45, 2.75) is 46.6 Å². The summed E-state index contributed by atoms with van der Waals surface area (Å²) in [5, 5.41) is 3.43. The van der Waals surface area contributed by atoms with E-state index in [9.17, 15) is 0 Å². The molecule has 0 radical (unpaired) electrons. The third kappa shape index (κ3) is 3.26. The molecule has 1 aromatic heterocycles. The summed E-state index contributed by atoms with van der Waals surface area (Å²) in [7, 11) is 0. The molecular weight excluding hydrogens is 186 g/mol. The highest BCUT2D eigenvalue weighted by Crippen LogP contribution is 2.14. The molecule has 0 aliphatic rings. The lowest BCUT2D eigenvalue weighted by atomic mass is 10.0. The van der Waals surface area contributed by atoms with Crippen LogP contribution in [0.4, 0.5) is 5.95 Å². The van der Waals surface area contributed by atoms with Crippen molar-refractivity contribution in [3.63, 3.8) is 0 Å². The predicted molar refractivity (Wildman–Crippen MR) is 65.2 cm³/mol. The van der Waals surface area contributed by atoms with E-state index in [-0.39, 0.29) is 0 Å². The molecule has 0 spiro atoms. The number of imidazole rings is 1. The van der Waals surface area contributed by atoms with Gasteiger partial charge in [-0.3, -0.25) is 0 Å². The molecule has 0 aliphatic heterocycles. The zero-order valence-corrected chi connectivity index (χ0v) is 10.3. The number of anilines is 1. The van der Waals surface area contributed by atoms with Gasteiger partial charge in [-0.25, -0.2) is 4.98 Å². The molecule has 0 atom stereocenters. The first kappa shape index (κ1) is 12.1. The Balaban J connectivity index is 2.53. The maximum absolute atomic E-state index is 4.33. The fourth-order valence-electron chi connectivity index (χ4n) is 1.68. The summed E-state index contributed by atoms with van der Waals surface area (Å²) in [4.78, 5) is 4.33. The van der Waals surface area contributed by atoms with Gasteiger partial charge in [0, 0.05) is 25.0 Å². The van der Waals surface area contributed by atoms with E-state index in [1.54, 1.807) is 0 Å². The molecule has 0 saturated heterocycles. The lowest BCUT2D eigenvalue weighted by Gasteiger charge is -2.16. The molecule has 0 aromatic carbocycles. The number of aromatic nitrogens is 2. The quantitative estimate of drug-likeness (QED) is 0.779. The van der Waals surface area contributed by atoms with Crippen LogP contribution in [0.2, 0.25) is 0 Å². The summed E-state index contributed by atoms with van der Waals surface area (Å²) in [6.07, 6.45) is 6.34. The maximum atomic E-state index is 4.33. The molecule has 1 aromatic rings. The van der Waals surface area contributed by atoms with Gasteiger partial charge < -0.3 is 9.88 Å². The van der Waals surface area contributed by atoms with E-state index in [0.29, 0.717) is 6.04 Å². The van der Waals surface area contributed by atoms with Gasteiger partial charge in [-0.1, -0.05) is 26.7 Å². The fraction of sp³-hybridized carbons (Fsp3) is 0.750. The van der Waals surface area contributed by atoms with Crippen molar-refractivity contribution < 1.29 is 0 Å². The second-order valence-electron chi connectivity index (χ2n) is 4.32. The number of hydrogen-bond donors (Lipinski definition) is 1. The van der Waals surface area contributed by atoms with E-state index in [2.05, 4.69) is 42.6 Å². The second kappa shape index (κ2) is 5.79. The molecule has 15 heavy (non-hydrogen) atoms. The second-order valence-corrected chi connectivity index (χ2v) is 4.32. The average Bonchev–Trinajstić information content (AvgIpc) is 2.67. The van der Waals surface area contributed by atoms with Gasteiger partial charge in [0.25, 0.3) is 0 Å². The summed E-state index contributed by atoms with van der Waals surface area (Å²) in [5.74, 6) is 1.75. The van der Waals surface area contributed by atoms with Gasteiger partial charge in [-0.2, -0.15) is 0 Å². The van der Waals surface area contributed by atoms with Crippen molar-refractivity contribution >= 4 is 5.95 Å². The van der Waals surface area contributed by atoms with E-state index < -0.39 is 0 Å². The van der Waals surface area contributed by atoms with Gasteiger partial charge in [0.1, 0.15) is 0 Å². The van der Waals surface area contributed by atoms with Crippen molar-refractivity contribution in [2.24, 2.45) is 5.92 Å². The van der Waals surface area contributed by atoms with Crippen molar-refractivity contribution in [3.05, 3.63) is 12.4 Å². The molecule has 1 rings (SSSR count).